The van der Waals surface area contributed by atoms with Gasteiger partial charge in [0, 0.05) is 17.1 Å². The van der Waals surface area contributed by atoms with Gasteiger partial charge in [0.05, 0.1) is 5.52 Å². The van der Waals surface area contributed by atoms with E-state index >= 15 is 0 Å². The van der Waals surface area contributed by atoms with E-state index in [-0.39, 0.29) is 38.9 Å². The van der Waals surface area contributed by atoms with Crippen LogP contribution >= 0.6 is 39.9 Å². The van der Waals surface area contributed by atoms with Gasteiger partial charge < -0.3 is 10.2 Å². The first kappa shape index (κ1) is 18.5. The van der Waals surface area contributed by atoms with Gasteiger partial charge in [0.25, 0.3) is 0 Å². The molecule has 0 unspecified atom stereocenters. The predicted molar refractivity (Wildman–Crippen MR) is 85.6 cm³/mol. The standard InChI is InChI=1S/C10H11BrClN3O4S.ClH/c1-4(3-13)15-20(17,18)9-5(11)2-6-8(7(9)12)19-10(16)14-6;/h2,4,15H,3,13H2,1H3,(H,14,16);1H/t4-;/m0./s1. The second-order valence-corrected chi connectivity index (χ2v) is 7.03. The second kappa shape index (κ2) is 6.67. The fourth-order valence-electron chi connectivity index (χ4n) is 1.62. The van der Waals surface area contributed by atoms with Gasteiger partial charge in [-0.2, -0.15) is 0 Å². The number of oxazole rings is 1. The summed E-state index contributed by atoms with van der Waals surface area (Å²) in [5.74, 6) is -0.716. The molecular weight excluding hydrogens is 409 g/mol. The highest BCUT2D eigenvalue weighted by atomic mass is 79.9. The summed E-state index contributed by atoms with van der Waals surface area (Å²) in [6.45, 7) is 1.75. The maximum Gasteiger partial charge on any atom is 0.417 e. The summed E-state index contributed by atoms with van der Waals surface area (Å²) in [5.41, 5.74) is 5.68. The molecule has 7 nitrogen and oxygen atoms in total. The van der Waals surface area contributed by atoms with Gasteiger partial charge >= 0.3 is 5.76 Å². The maximum absolute atomic E-state index is 12.3. The summed E-state index contributed by atoms with van der Waals surface area (Å²) in [7, 11) is -3.90. The van der Waals surface area contributed by atoms with Crippen LogP contribution in [0.25, 0.3) is 11.1 Å². The average Bonchev–Trinajstić information content (AvgIpc) is 2.68. The van der Waals surface area contributed by atoms with Crippen molar-refractivity contribution >= 4 is 61.1 Å². The van der Waals surface area contributed by atoms with Crippen LogP contribution in [0.1, 0.15) is 6.92 Å². The van der Waals surface area contributed by atoms with Gasteiger partial charge in [-0.3, -0.25) is 4.98 Å². The molecule has 2 aromatic rings. The Kier molecular flexibility index (Phi) is 5.87. The normalized spacial score (nSPS) is 13.1. The number of H-pyrrole nitrogens is 1. The molecule has 0 spiro atoms. The highest BCUT2D eigenvalue weighted by Crippen LogP contribution is 2.35. The molecule has 0 saturated carbocycles. The molecule has 1 atom stereocenters. The molecule has 4 N–H and O–H groups in total. The molecule has 21 heavy (non-hydrogen) atoms. The van der Waals surface area contributed by atoms with Crippen molar-refractivity contribution in [2.45, 2.75) is 17.9 Å². The van der Waals surface area contributed by atoms with E-state index in [4.69, 9.17) is 21.8 Å². The summed E-state index contributed by atoms with van der Waals surface area (Å²) in [5, 5.41) is -0.176. The van der Waals surface area contributed by atoms with Gasteiger partial charge in [-0.1, -0.05) is 11.6 Å². The quantitative estimate of drug-likeness (QED) is 0.693. The Labute approximate surface area is 139 Å². The highest BCUT2D eigenvalue weighted by Gasteiger charge is 2.26. The van der Waals surface area contributed by atoms with Gasteiger partial charge in [0.15, 0.2) is 5.58 Å². The van der Waals surface area contributed by atoms with E-state index in [1.54, 1.807) is 6.92 Å². The van der Waals surface area contributed by atoms with Crippen molar-refractivity contribution in [1.82, 2.24) is 9.71 Å². The summed E-state index contributed by atoms with van der Waals surface area (Å²) < 4.78 is 32.0. The molecule has 0 radical (unpaired) electrons. The summed E-state index contributed by atoms with van der Waals surface area (Å²) >= 11 is 9.16. The number of nitrogens with one attached hydrogen (secondary N) is 2. The summed E-state index contributed by atoms with van der Waals surface area (Å²) in [4.78, 5) is 13.4. The molecular formula is C10H12BrCl2N3O4S. The minimum absolute atomic E-state index is 0. The van der Waals surface area contributed by atoms with Crippen molar-refractivity contribution in [3.8, 4) is 0 Å². The zero-order valence-electron chi connectivity index (χ0n) is 10.6. The Balaban J connectivity index is 0.00000220. The van der Waals surface area contributed by atoms with Crippen LogP contribution in [0.3, 0.4) is 0 Å². The smallest absolute Gasteiger partial charge is 0.406 e. The maximum atomic E-state index is 12.3. The number of fused-ring (bicyclic) bond motifs is 1. The third-order valence-corrected chi connectivity index (χ3v) is 5.58. The third kappa shape index (κ3) is 3.61. The molecule has 1 aromatic carbocycles. The van der Waals surface area contributed by atoms with Gasteiger partial charge in [-0.15, -0.1) is 12.4 Å². The van der Waals surface area contributed by atoms with E-state index in [9.17, 15) is 13.2 Å². The Hall–Kier alpha value is -0.580. The van der Waals surface area contributed by atoms with Crippen LogP contribution in [0, 0.1) is 0 Å². The van der Waals surface area contributed by atoms with E-state index in [1.165, 1.54) is 6.07 Å². The first-order valence-electron chi connectivity index (χ1n) is 5.49. The van der Waals surface area contributed by atoms with Crippen molar-refractivity contribution in [3.05, 3.63) is 26.1 Å². The lowest BCUT2D eigenvalue weighted by atomic mass is 10.3. The number of sulfonamides is 1. The SMILES string of the molecule is C[C@@H](CN)NS(=O)(=O)c1c(Br)cc2[nH]c(=O)oc2c1Cl.Cl. The van der Waals surface area contributed by atoms with Gasteiger partial charge in [0.2, 0.25) is 10.0 Å². The van der Waals surface area contributed by atoms with Crippen molar-refractivity contribution in [2.75, 3.05) is 6.54 Å². The Morgan fingerprint density at radius 2 is 2.19 bits per heavy atom. The second-order valence-electron chi connectivity index (χ2n) is 4.15. The molecule has 2 rings (SSSR count). The van der Waals surface area contributed by atoms with Crippen molar-refractivity contribution in [2.24, 2.45) is 5.73 Å². The number of benzene rings is 1. The highest BCUT2D eigenvalue weighted by molar-refractivity contribution is 9.10. The zero-order chi connectivity index (χ0) is 15.1. The van der Waals surface area contributed by atoms with Crippen molar-refractivity contribution in [3.63, 3.8) is 0 Å². The summed E-state index contributed by atoms with van der Waals surface area (Å²) in [6.07, 6.45) is 0. The molecule has 1 aromatic heterocycles. The van der Waals surface area contributed by atoms with Crippen LogP contribution in [-0.4, -0.2) is 26.0 Å². The van der Waals surface area contributed by atoms with Crippen LogP contribution in [0.15, 0.2) is 24.6 Å². The molecule has 0 amide bonds. The lowest BCUT2D eigenvalue weighted by molar-refractivity contribution is 0.551. The fraction of sp³-hybridized carbons (Fsp3) is 0.300. The molecule has 0 aliphatic rings. The Morgan fingerprint density at radius 3 is 2.76 bits per heavy atom. The number of nitrogens with two attached hydrogens (primary N) is 1. The molecule has 0 bridgehead atoms. The monoisotopic (exact) mass is 419 g/mol. The van der Waals surface area contributed by atoms with E-state index < -0.39 is 21.8 Å². The van der Waals surface area contributed by atoms with Gasteiger partial charge in [-0.25, -0.2) is 17.9 Å². The molecule has 1 heterocycles. The topological polar surface area (TPSA) is 118 Å². The first-order chi connectivity index (χ1) is 9.26. The Bertz CT molecular complexity index is 818. The lowest BCUT2D eigenvalue weighted by Gasteiger charge is -2.14. The van der Waals surface area contributed by atoms with Crippen LogP contribution in [-0.2, 0) is 10.0 Å². The van der Waals surface area contributed by atoms with Crippen molar-refractivity contribution in [1.29, 1.82) is 0 Å². The minimum Gasteiger partial charge on any atom is -0.406 e. The van der Waals surface area contributed by atoms with Crippen LogP contribution in [0.2, 0.25) is 5.02 Å². The molecule has 0 aliphatic carbocycles. The third-order valence-electron chi connectivity index (χ3n) is 2.54. The van der Waals surface area contributed by atoms with E-state index in [2.05, 4.69) is 25.6 Å². The predicted octanol–water partition coefficient (Wildman–Crippen LogP) is 1.58. The average molecular weight is 421 g/mol. The van der Waals surface area contributed by atoms with E-state index in [0.717, 1.165) is 0 Å². The lowest BCUT2D eigenvalue weighted by Crippen LogP contribution is -2.38. The molecule has 0 aliphatic heterocycles. The molecule has 0 saturated heterocycles. The van der Waals surface area contributed by atoms with Crippen molar-refractivity contribution < 1.29 is 12.8 Å². The number of aromatic amines is 1. The molecule has 118 valence electrons. The number of aromatic nitrogens is 1. The minimum atomic E-state index is -3.90. The molecule has 0 fully saturated rings. The van der Waals surface area contributed by atoms with Crippen LogP contribution in [0.5, 0.6) is 0 Å². The molecule has 11 heteroatoms. The number of hydrogen-bond donors (Lipinski definition) is 3. The summed E-state index contributed by atoms with van der Waals surface area (Å²) in [6, 6.07) is 0.949. The Morgan fingerprint density at radius 1 is 1.57 bits per heavy atom. The fourth-order valence-corrected chi connectivity index (χ4v) is 4.74. The van der Waals surface area contributed by atoms with Gasteiger partial charge in [0.1, 0.15) is 9.92 Å². The van der Waals surface area contributed by atoms with Crippen LogP contribution in [0.4, 0.5) is 0 Å². The zero-order valence-corrected chi connectivity index (χ0v) is 14.6. The number of halogens is 3. The number of hydrogen-bond acceptors (Lipinski definition) is 5. The van der Waals surface area contributed by atoms with E-state index in [0.29, 0.717) is 5.52 Å². The largest absolute Gasteiger partial charge is 0.417 e. The number of rotatable bonds is 4. The van der Waals surface area contributed by atoms with Crippen LogP contribution < -0.4 is 16.2 Å². The van der Waals surface area contributed by atoms with E-state index in [1.807, 2.05) is 0 Å². The van der Waals surface area contributed by atoms with Gasteiger partial charge in [-0.05, 0) is 28.9 Å². The first-order valence-corrected chi connectivity index (χ1v) is 8.15.